The Kier molecular flexibility index (Phi) is 11.4. The fourth-order valence-corrected chi connectivity index (χ4v) is 6.93. The van der Waals surface area contributed by atoms with Gasteiger partial charge in [0, 0.05) is 24.6 Å². The lowest BCUT2D eigenvalue weighted by molar-refractivity contribution is -0.145. The first-order valence-electron chi connectivity index (χ1n) is 17.2. The first kappa shape index (κ1) is 33.2. The predicted octanol–water partition coefficient (Wildman–Crippen LogP) is 5.44. The molecule has 2 heterocycles. The van der Waals surface area contributed by atoms with Crippen molar-refractivity contribution in [2.75, 3.05) is 19.7 Å². The minimum Gasteiger partial charge on any atom is -0.493 e. The number of aliphatic imine (C=N–C) groups is 1. The monoisotopic (exact) mass is 651 g/mol. The Morgan fingerprint density at radius 2 is 1.58 bits per heavy atom. The van der Waals surface area contributed by atoms with E-state index >= 15 is 0 Å². The summed E-state index contributed by atoms with van der Waals surface area (Å²) >= 11 is 0. The van der Waals surface area contributed by atoms with Crippen LogP contribution in [0, 0.1) is 5.92 Å². The molecule has 2 amide bonds. The number of nitrogens with zero attached hydrogens (tertiary/aromatic N) is 3. The zero-order valence-electron chi connectivity index (χ0n) is 27.4. The second-order valence-corrected chi connectivity index (χ2v) is 12.8. The minimum absolute atomic E-state index is 0.0283. The van der Waals surface area contributed by atoms with Crippen LogP contribution in [0.25, 0.3) is 0 Å². The van der Waals surface area contributed by atoms with Crippen molar-refractivity contribution >= 4 is 29.4 Å². The maximum absolute atomic E-state index is 13.0. The summed E-state index contributed by atoms with van der Waals surface area (Å²) < 4.78 is 11.8. The summed E-state index contributed by atoms with van der Waals surface area (Å²) in [7, 11) is 0. The number of guanidine groups is 1. The van der Waals surface area contributed by atoms with E-state index < -0.39 is 5.97 Å². The number of carbonyl (C=O) groups excluding carboxylic acids is 3. The van der Waals surface area contributed by atoms with Gasteiger partial charge in [-0.1, -0.05) is 79.6 Å². The molecule has 0 spiro atoms. The molecule has 6 rings (SSSR count). The van der Waals surface area contributed by atoms with Gasteiger partial charge in [0.1, 0.15) is 18.9 Å². The maximum atomic E-state index is 13.0. The molecule has 3 aromatic carbocycles. The SMILES string of the molecule is O=C(Cc1ccccc1)NC1=Nc2cccc(OCCCC(=O)NN3CCCC4CCCCC43)c2CN1CC(=O)OCc1ccccc1. The highest BCUT2D eigenvalue weighted by Gasteiger charge is 2.34. The van der Waals surface area contributed by atoms with E-state index in [1.807, 2.05) is 78.9 Å². The van der Waals surface area contributed by atoms with Crippen molar-refractivity contribution in [1.29, 1.82) is 0 Å². The molecule has 2 aliphatic heterocycles. The molecule has 10 heteroatoms. The van der Waals surface area contributed by atoms with Crippen LogP contribution >= 0.6 is 0 Å². The molecule has 48 heavy (non-hydrogen) atoms. The highest BCUT2D eigenvalue weighted by atomic mass is 16.5. The molecule has 2 N–H and O–H groups in total. The molecule has 0 aromatic heterocycles. The summed E-state index contributed by atoms with van der Waals surface area (Å²) in [5.41, 5.74) is 6.40. The molecule has 1 aliphatic carbocycles. The topological polar surface area (TPSA) is 113 Å². The predicted molar refractivity (Wildman–Crippen MR) is 183 cm³/mol. The zero-order chi connectivity index (χ0) is 33.1. The molecule has 0 bridgehead atoms. The summed E-state index contributed by atoms with van der Waals surface area (Å²) in [5, 5.41) is 5.10. The average Bonchev–Trinajstić information content (AvgIpc) is 3.10. The maximum Gasteiger partial charge on any atom is 0.325 e. The van der Waals surface area contributed by atoms with Crippen molar-refractivity contribution in [2.24, 2.45) is 10.9 Å². The minimum atomic E-state index is -0.440. The fraction of sp³-hybridized carbons (Fsp3) is 0.421. The van der Waals surface area contributed by atoms with Crippen molar-refractivity contribution in [3.8, 4) is 5.75 Å². The van der Waals surface area contributed by atoms with Crippen molar-refractivity contribution in [3.63, 3.8) is 0 Å². The van der Waals surface area contributed by atoms with Crippen LogP contribution in [0.4, 0.5) is 5.69 Å². The lowest BCUT2D eigenvalue weighted by atomic mass is 9.79. The summed E-state index contributed by atoms with van der Waals surface area (Å²) in [4.78, 5) is 45.3. The Balaban J connectivity index is 1.07. The lowest BCUT2D eigenvalue weighted by Crippen LogP contribution is -2.55. The Morgan fingerprint density at radius 1 is 0.833 bits per heavy atom. The summed E-state index contributed by atoms with van der Waals surface area (Å²) in [6.07, 6.45) is 8.48. The van der Waals surface area contributed by atoms with Gasteiger partial charge in [-0.25, -0.2) is 10.0 Å². The summed E-state index contributed by atoms with van der Waals surface area (Å²) in [6, 6.07) is 25.0. The van der Waals surface area contributed by atoms with Crippen molar-refractivity contribution in [2.45, 2.75) is 77.0 Å². The molecule has 2 unspecified atom stereocenters. The third-order valence-corrected chi connectivity index (χ3v) is 9.32. The number of esters is 1. The molecule has 0 radical (unpaired) electrons. The number of rotatable bonds is 12. The number of benzene rings is 3. The van der Waals surface area contributed by atoms with E-state index in [-0.39, 0.29) is 43.9 Å². The van der Waals surface area contributed by atoms with Crippen LogP contribution in [0.3, 0.4) is 0 Å². The molecule has 1 saturated heterocycles. The number of hydrogen-bond donors (Lipinski definition) is 2. The number of fused-ring (bicyclic) bond motifs is 2. The number of hydrogen-bond acceptors (Lipinski definition) is 8. The summed E-state index contributed by atoms with van der Waals surface area (Å²) in [5.74, 6) is 0.971. The van der Waals surface area contributed by atoms with Crippen molar-refractivity contribution in [1.82, 2.24) is 20.7 Å². The smallest absolute Gasteiger partial charge is 0.325 e. The van der Waals surface area contributed by atoms with E-state index in [1.165, 1.54) is 25.7 Å². The first-order chi connectivity index (χ1) is 23.5. The molecular formula is C38H45N5O5. The molecular weight excluding hydrogens is 606 g/mol. The van der Waals surface area contributed by atoms with Crippen LogP contribution < -0.4 is 15.5 Å². The number of hydrazine groups is 1. The Labute approximate surface area is 282 Å². The highest BCUT2D eigenvalue weighted by molar-refractivity contribution is 6.00. The molecule has 3 aliphatic rings. The second kappa shape index (κ2) is 16.4. The fourth-order valence-electron chi connectivity index (χ4n) is 6.93. The average molecular weight is 652 g/mol. The van der Waals surface area contributed by atoms with E-state index in [9.17, 15) is 14.4 Å². The highest BCUT2D eigenvalue weighted by Crippen LogP contribution is 2.35. The third-order valence-electron chi connectivity index (χ3n) is 9.32. The lowest BCUT2D eigenvalue weighted by Gasteiger charge is -2.43. The van der Waals surface area contributed by atoms with Gasteiger partial charge >= 0.3 is 5.97 Å². The zero-order valence-corrected chi connectivity index (χ0v) is 27.4. The third kappa shape index (κ3) is 9.01. The van der Waals surface area contributed by atoms with Crippen LogP contribution in [0.15, 0.2) is 83.9 Å². The van der Waals surface area contributed by atoms with E-state index in [2.05, 4.69) is 15.8 Å². The van der Waals surface area contributed by atoms with Crippen molar-refractivity contribution in [3.05, 3.63) is 95.6 Å². The van der Waals surface area contributed by atoms with Crippen LogP contribution in [0.2, 0.25) is 0 Å². The largest absolute Gasteiger partial charge is 0.493 e. The molecule has 252 valence electrons. The molecule has 3 aromatic rings. The number of ether oxygens (including phenoxy) is 2. The van der Waals surface area contributed by atoms with Crippen LogP contribution in [0.5, 0.6) is 5.75 Å². The van der Waals surface area contributed by atoms with Gasteiger partial charge in [0.15, 0.2) is 0 Å². The van der Waals surface area contributed by atoms with Crippen molar-refractivity contribution < 1.29 is 23.9 Å². The number of piperidine rings is 1. The molecule has 2 fully saturated rings. The quantitative estimate of drug-likeness (QED) is 0.198. The Hall–Kier alpha value is -4.70. The summed E-state index contributed by atoms with van der Waals surface area (Å²) in [6.45, 7) is 1.61. The van der Waals surface area contributed by atoms with E-state index in [1.54, 1.807) is 4.90 Å². The van der Waals surface area contributed by atoms with Crippen LogP contribution in [-0.4, -0.2) is 59.4 Å². The van der Waals surface area contributed by atoms with E-state index in [0.29, 0.717) is 42.8 Å². The Bertz CT molecular complexity index is 1580. The van der Waals surface area contributed by atoms with Crippen LogP contribution in [-0.2, 0) is 38.7 Å². The first-order valence-corrected chi connectivity index (χ1v) is 17.2. The molecule has 1 saturated carbocycles. The second-order valence-electron chi connectivity index (χ2n) is 12.8. The van der Waals surface area contributed by atoms with E-state index in [0.717, 1.165) is 36.1 Å². The molecule has 2 atom stereocenters. The standard InChI is InChI=1S/C38H45N5O5/c44-35(41-43-22-10-17-30-16-7-8-19-33(30)43)21-11-23-47-34-20-9-18-32-31(34)25-42(26-37(46)48-27-29-14-5-2-6-15-29)38(39-32)40-36(45)24-28-12-3-1-4-13-28/h1-6,9,12-15,18,20,30,33H,7-8,10-11,16-17,19,21-27H2,(H,41,44)(H,39,40,45). The van der Waals surface area contributed by atoms with Gasteiger partial charge in [-0.3, -0.25) is 25.1 Å². The van der Waals surface area contributed by atoms with E-state index in [4.69, 9.17) is 14.5 Å². The van der Waals surface area contributed by atoms with Gasteiger partial charge in [-0.2, -0.15) is 0 Å². The van der Waals surface area contributed by atoms with Gasteiger partial charge in [-0.05, 0) is 61.3 Å². The number of amides is 2. The number of nitrogens with one attached hydrogen (secondary N) is 2. The van der Waals surface area contributed by atoms with Gasteiger partial charge in [0.05, 0.1) is 25.3 Å². The number of carbonyl (C=O) groups is 3. The Morgan fingerprint density at radius 3 is 2.40 bits per heavy atom. The normalized spacial score (nSPS) is 18.9. The van der Waals surface area contributed by atoms with Gasteiger partial charge in [0.2, 0.25) is 17.8 Å². The van der Waals surface area contributed by atoms with Gasteiger partial charge < -0.3 is 14.4 Å². The molecule has 10 nitrogen and oxygen atoms in total. The van der Waals surface area contributed by atoms with Gasteiger partial charge in [-0.15, -0.1) is 0 Å². The van der Waals surface area contributed by atoms with Gasteiger partial charge in [0.25, 0.3) is 0 Å². The van der Waals surface area contributed by atoms with Crippen LogP contribution in [0.1, 0.15) is 68.1 Å².